The van der Waals surface area contributed by atoms with E-state index in [0.29, 0.717) is 57.3 Å². The molecule has 2 aliphatic rings. The number of amides is 5. The molecular weight excluding hydrogens is 713 g/mol. The number of fused-ring (bicyclic) bond motifs is 6. The summed E-state index contributed by atoms with van der Waals surface area (Å²) in [4.78, 5) is 75.0. The van der Waals surface area contributed by atoms with E-state index in [1.165, 1.54) is 5.56 Å². The van der Waals surface area contributed by atoms with E-state index in [1.54, 1.807) is 39.0 Å². The Balaban J connectivity index is 1.28. The number of hydrogen-bond donors (Lipinski definition) is 6. The van der Waals surface area contributed by atoms with Gasteiger partial charge in [0.1, 0.15) is 12.1 Å². The maximum absolute atomic E-state index is 14.1. The van der Waals surface area contributed by atoms with E-state index in [0.717, 1.165) is 17.5 Å². The maximum atomic E-state index is 14.1. The van der Waals surface area contributed by atoms with Crippen LogP contribution in [0.4, 0.5) is 5.69 Å². The van der Waals surface area contributed by atoms with Crippen molar-refractivity contribution in [1.82, 2.24) is 25.9 Å². The number of primary amides is 1. The Kier molecular flexibility index (Phi) is 11.6. The van der Waals surface area contributed by atoms with Crippen LogP contribution in [0.3, 0.4) is 0 Å². The van der Waals surface area contributed by atoms with Crippen molar-refractivity contribution in [1.29, 1.82) is 0 Å². The van der Waals surface area contributed by atoms with Crippen LogP contribution in [0.25, 0.3) is 22.5 Å². The lowest BCUT2D eigenvalue weighted by Gasteiger charge is -2.33. The minimum absolute atomic E-state index is 0.00401. The molecule has 56 heavy (non-hydrogen) atoms. The van der Waals surface area contributed by atoms with Crippen molar-refractivity contribution in [2.75, 3.05) is 25.0 Å². The van der Waals surface area contributed by atoms with Crippen LogP contribution in [0.5, 0.6) is 0 Å². The zero-order valence-electron chi connectivity index (χ0n) is 32.3. The first-order chi connectivity index (χ1) is 26.6. The highest BCUT2D eigenvalue weighted by atomic mass is 16.5. The van der Waals surface area contributed by atoms with Crippen molar-refractivity contribution < 1.29 is 28.7 Å². The van der Waals surface area contributed by atoms with Crippen molar-refractivity contribution in [3.05, 3.63) is 99.4 Å². The number of ether oxygens (including phenoxy) is 1. The third kappa shape index (κ3) is 8.77. The second-order valence-corrected chi connectivity index (χ2v) is 14.9. The highest BCUT2D eigenvalue weighted by molar-refractivity contribution is 6.04. The molecule has 8 N–H and O–H groups in total. The van der Waals surface area contributed by atoms with E-state index >= 15 is 0 Å². The molecule has 0 fully saturated rings. The highest BCUT2D eigenvalue weighted by Crippen LogP contribution is 2.36. The maximum Gasteiger partial charge on any atom is 0.255 e. The summed E-state index contributed by atoms with van der Waals surface area (Å²) in [7, 11) is 0. The predicted octanol–water partition coefficient (Wildman–Crippen LogP) is 2.81. The zero-order chi connectivity index (χ0) is 40.3. The number of rotatable bonds is 8. The summed E-state index contributed by atoms with van der Waals surface area (Å²) in [5.41, 5.74) is 19.3. The Morgan fingerprint density at radius 3 is 2.43 bits per heavy atom. The van der Waals surface area contributed by atoms with E-state index < -0.39 is 35.7 Å². The van der Waals surface area contributed by atoms with Gasteiger partial charge in [-0.1, -0.05) is 42.5 Å². The largest absolute Gasteiger partial charge is 0.371 e. The number of nitrogens with zero attached hydrogens (tertiary/aromatic N) is 2. The molecule has 0 saturated heterocycles. The summed E-state index contributed by atoms with van der Waals surface area (Å²) in [6, 6.07) is 14.9. The average Bonchev–Trinajstić information content (AvgIpc) is 3.13. The van der Waals surface area contributed by atoms with E-state index in [1.807, 2.05) is 44.2 Å². The van der Waals surface area contributed by atoms with Crippen molar-refractivity contribution in [3.8, 4) is 22.5 Å². The van der Waals surface area contributed by atoms with Crippen LogP contribution in [0.15, 0.2) is 54.6 Å². The molecule has 2 aliphatic heterocycles. The number of carbonyl (C=O) groups excluding carboxylic acids is 5. The molecule has 0 spiro atoms. The fourth-order valence-corrected chi connectivity index (χ4v) is 7.42. The second-order valence-electron chi connectivity index (χ2n) is 14.9. The first-order valence-corrected chi connectivity index (χ1v) is 18.7. The quantitative estimate of drug-likeness (QED) is 0.155. The summed E-state index contributed by atoms with van der Waals surface area (Å²) in [5, 5.41) is 11.1. The summed E-state index contributed by atoms with van der Waals surface area (Å²) in [5.74, 6) is -2.18. The highest BCUT2D eigenvalue weighted by Gasteiger charge is 2.30. The SMILES string of the molecule is Cc1cc2cc(c1NC(=O)[C@H](CCN)NC(=O)c1c(C)nc(-c3ccc4c(c3)CCOC4(C)C)nc1C)-c1cccc(c1)CC(=O)NCC(=O)NC(C(N)=O)C2. The molecule has 0 radical (unpaired) electrons. The first kappa shape index (κ1) is 39.7. The summed E-state index contributed by atoms with van der Waals surface area (Å²) >= 11 is 0. The van der Waals surface area contributed by atoms with Crippen LogP contribution in [0.2, 0.25) is 0 Å². The van der Waals surface area contributed by atoms with Crippen LogP contribution in [-0.2, 0) is 48.8 Å². The van der Waals surface area contributed by atoms with Gasteiger partial charge in [-0.15, -0.1) is 0 Å². The Morgan fingerprint density at radius 1 is 0.964 bits per heavy atom. The number of hydrogen-bond acceptors (Lipinski definition) is 9. The van der Waals surface area contributed by atoms with Crippen LogP contribution in [0.1, 0.15) is 69.8 Å². The molecule has 3 aromatic carbocycles. The lowest BCUT2D eigenvalue weighted by atomic mass is 9.88. The monoisotopic (exact) mass is 760 g/mol. The molecule has 4 bridgehead atoms. The Morgan fingerprint density at radius 2 is 1.71 bits per heavy atom. The number of aryl methyl sites for hydroxylation is 3. The van der Waals surface area contributed by atoms with Gasteiger partial charge in [0, 0.05) is 17.5 Å². The van der Waals surface area contributed by atoms with Crippen LogP contribution in [0, 0.1) is 20.8 Å². The first-order valence-electron chi connectivity index (χ1n) is 18.7. The molecule has 0 aliphatic carbocycles. The molecule has 2 atom stereocenters. The number of aromatic nitrogens is 2. The van der Waals surface area contributed by atoms with E-state index in [-0.39, 0.29) is 49.4 Å². The van der Waals surface area contributed by atoms with Crippen molar-refractivity contribution in [2.45, 2.75) is 78.0 Å². The van der Waals surface area contributed by atoms with Gasteiger partial charge in [0.2, 0.25) is 23.6 Å². The molecule has 5 amide bonds. The van der Waals surface area contributed by atoms with Gasteiger partial charge >= 0.3 is 0 Å². The third-order valence-electron chi connectivity index (χ3n) is 10.2. The molecular formula is C42H48N8O6. The molecule has 14 heteroatoms. The average molecular weight is 761 g/mol. The van der Waals surface area contributed by atoms with Gasteiger partial charge in [-0.2, -0.15) is 0 Å². The van der Waals surface area contributed by atoms with E-state index in [9.17, 15) is 24.0 Å². The fourth-order valence-electron chi connectivity index (χ4n) is 7.42. The van der Waals surface area contributed by atoms with Crippen molar-refractivity contribution >= 4 is 35.2 Å². The van der Waals surface area contributed by atoms with Gasteiger partial charge in [0.15, 0.2) is 5.82 Å². The van der Waals surface area contributed by atoms with Crippen LogP contribution in [-0.4, -0.2) is 71.3 Å². The standard InChI is InChI=1S/C42H48N8O6/c1-22-15-26-17-30(27-8-6-7-25(16-27)19-34(51)45-21-35(52)48-33(18-26)38(44)53)37(22)50-40(54)32(11-13-43)49-41(55)36-23(2)46-39(47-24(36)3)29-9-10-31-28(20-29)12-14-56-42(31,4)5/h6-10,15-17,20,32-33H,11-14,18-19,21,43H2,1-5H3,(H2,44,53)(H,45,51)(H,48,52)(H,49,55)(H,50,54)/t32-,33?/m0/s1. The van der Waals surface area contributed by atoms with Crippen molar-refractivity contribution in [2.24, 2.45) is 11.5 Å². The fraction of sp³-hybridized carbons (Fsp3) is 0.357. The number of nitrogens with one attached hydrogen (secondary N) is 4. The third-order valence-corrected chi connectivity index (χ3v) is 10.2. The van der Waals surface area contributed by atoms with Gasteiger partial charge in [-0.25, -0.2) is 9.97 Å². The Labute approximate surface area is 325 Å². The minimum atomic E-state index is -1.05. The topological polar surface area (TPSA) is 221 Å². The lowest BCUT2D eigenvalue weighted by Crippen LogP contribution is -2.49. The lowest BCUT2D eigenvalue weighted by molar-refractivity contribution is -0.128. The van der Waals surface area contributed by atoms with E-state index in [4.69, 9.17) is 26.2 Å². The van der Waals surface area contributed by atoms with E-state index in [2.05, 4.69) is 27.3 Å². The van der Waals surface area contributed by atoms with Crippen molar-refractivity contribution in [3.63, 3.8) is 0 Å². The smallest absolute Gasteiger partial charge is 0.255 e. The predicted molar refractivity (Wildman–Crippen MR) is 211 cm³/mol. The summed E-state index contributed by atoms with van der Waals surface area (Å²) in [6.07, 6.45) is 0.986. The number of anilines is 1. The van der Waals surface area contributed by atoms with Gasteiger partial charge in [-0.3, -0.25) is 24.0 Å². The molecule has 1 unspecified atom stereocenters. The molecule has 14 nitrogen and oxygen atoms in total. The number of benzene rings is 3. The summed E-state index contributed by atoms with van der Waals surface area (Å²) in [6.45, 7) is 9.82. The molecule has 6 rings (SSSR count). The Bertz CT molecular complexity index is 2210. The van der Waals surface area contributed by atoms with Gasteiger partial charge in [0.25, 0.3) is 5.91 Å². The molecule has 1 aromatic heterocycles. The normalized spacial score (nSPS) is 17.0. The molecule has 292 valence electrons. The number of carbonyl (C=O) groups is 5. The summed E-state index contributed by atoms with van der Waals surface area (Å²) < 4.78 is 5.95. The van der Waals surface area contributed by atoms with Gasteiger partial charge in [-0.05, 0) is 99.5 Å². The molecule has 0 saturated carbocycles. The second kappa shape index (κ2) is 16.4. The number of nitrogens with two attached hydrogens (primary N) is 2. The zero-order valence-corrected chi connectivity index (χ0v) is 32.3. The molecule has 3 heterocycles. The molecule has 4 aromatic rings. The van der Waals surface area contributed by atoms with Gasteiger partial charge in [0.05, 0.1) is 47.8 Å². The van der Waals surface area contributed by atoms with Crippen LogP contribution >= 0.6 is 0 Å². The van der Waals surface area contributed by atoms with Crippen LogP contribution < -0.4 is 32.7 Å². The van der Waals surface area contributed by atoms with Gasteiger partial charge < -0.3 is 37.5 Å². The Hall–Kier alpha value is -5.99. The minimum Gasteiger partial charge on any atom is -0.371 e.